The Morgan fingerprint density at radius 3 is 2.58 bits per heavy atom. The Labute approximate surface area is 150 Å². The lowest BCUT2D eigenvalue weighted by Gasteiger charge is -2.41. The number of rotatable bonds is 4. The van der Waals surface area contributed by atoms with Gasteiger partial charge in [0.05, 0.1) is 5.69 Å². The molecular weight excluding hydrogens is 339 g/mol. The molecule has 0 radical (unpaired) electrons. The molecule has 0 bridgehead atoms. The van der Waals surface area contributed by atoms with Gasteiger partial charge in [0.1, 0.15) is 11.4 Å². The molecular formula is C18H21FN4O3. The van der Waals surface area contributed by atoms with Gasteiger partial charge in [-0.25, -0.2) is 4.39 Å². The van der Waals surface area contributed by atoms with Crippen LogP contribution in [0, 0.1) is 12.7 Å². The largest absolute Gasteiger partial charge is 0.371 e. The molecule has 2 amide bonds. The second-order valence-electron chi connectivity index (χ2n) is 6.42. The topological polar surface area (TPSA) is 87.5 Å². The van der Waals surface area contributed by atoms with E-state index in [1.165, 1.54) is 12.1 Å². The van der Waals surface area contributed by atoms with E-state index < -0.39 is 5.54 Å². The number of anilines is 1. The summed E-state index contributed by atoms with van der Waals surface area (Å²) in [5.41, 5.74) is 0.258. The zero-order valence-corrected chi connectivity index (χ0v) is 14.7. The molecule has 7 nitrogen and oxygen atoms in total. The van der Waals surface area contributed by atoms with Crippen molar-refractivity contribution in [1.29, 1.82) is 0 Å². The number of piperidine rings is 1. The molecule has 1 aromatic heterocycles. The molecule has 26 heavy (non-hydrogen) atoms. The maximum absolute atomic E-state index is 13.5. The summed E-state index contributed by atoms with van der Waals surface area (Å²) >= 11 is 0. The Balaban J connectivity index is 1.75. The average Bonchev–Trinajstić information content (AvgIpc) is 3.07. The maximum Gasteiger partial charge on any atom is 0.292 e. The first-order valence-electron chi connectivity index (χ1n) is 8.42. The number of hydrogen-bond acceptors (Lipinski definition) is 5. The Kier molecular flexibility index (Phi) is 4.92. The van der Waals surface area contributed by atoms with Gasteiger partial charge in [-0.15, -0.1) is 0 Å². The molecule has 0 spiro atoms. The molecule has 2 heterocycles. The van der Waals surface area contributed by atoms with Crippen LogP contribution in [-0.2, 0) is 4.79 Å². The molecule has 0 saturated carbocycles. The molecule has 2 aromatic rings. The highest BCUT2D eigenvalue weighted by Crippen LogP contribution is 2.28. The van der Waals surface area contributed by atoms with E-state index >= 15 is 0 Å². The number of nitrogens with zero attached hydrogens (tertiary/aromatic N) is 2. The predicted molar refractivity (Wildman–Crippen MR) is 93.2 cm³/mol. The van der Waals surface area contributed by atoms with Crippen molar-refractivity contribution in [1.82, 2.24) is 15.4 Å². The van der Waals surface area contributed by atoms with Crippen molar-refractivity contribution < 1.29 is 18.5 Å². The Morgan fingerprint density at radius 1 is 1.27 bits per heavy atom. The Bertz CT molecular complexity index is 812. The van der Waals surface area contributed by atoms with Crippen LogP contribution >= 0.6 is 0 Å². The number of hydrogen-bond donors (Lipinski definition) is 2. The van der Waals surface area contributed by atoms with Crippen LogP contribution in [0.2, 0.25) is 0 Å². The highest BCUT2D eigenvalue weighted by atomic mass is 19.1. The van der Waals surface area contributed by atoms with Crippen molar-refractivity contribution in [3.8, 4) is 0 Å². The van der Waals surface area contributed by atoms with Crippen molar-refractivity contribution >= 4 is 17.5 Å². The van der Waals surface area contributed by atoms with Crippen LogP contribution in [0.1, 0.15) is 29.1 Å². The van der Waals surface area contributed by atoms with E-state index in [0.717, 1.165) is 0 Å². The van der Waals surface area contributed by atoms with Crippen LogP contribution in [0.5, 0.6) is 0 Å². The van der Waals surface area contributed by atoms with E-state index in [-0.39, 0.29) is 23.4 Å². The molecule has 0 aliphatic carbocycles. The van der Waals surface area contributed by atoms with Gasteiger partial charge >= 0.3 is 0 Å². The van der Waals surface area contributed by atoms with Crippen LogP contribution < -0.4 is 10.6 Å². The number of likely N-dealkylation sites (N-methyl/N-ethyl adjacent to an activating group) is 1. The van der Waals surface area contributed by atoms with E-state index in [2.05, 4.69) is 15.8 Å². The number of aromatic nitrogens is 1. The fourth-order valence-electron chi connectivity index (χ4n) is 3.20. The summed E-state index contributed by atoms with van der Waals surface area (Å²) in [6.07, 6.45) is 0.782. The first-order chi connectivity index (χ1) is 12.4. The van der Waals surface area contributed by atoms with Crippen molar-refractivity contribution in [2.75, 3.05) is 25.5 Å². The summed E-state index contributed by atoms with van der Waals surface area (Å²) in [6.45, 7) is 2.48. The number of likely N-dealkylation sites (tertiary alicyclic amines) is 1. The smallest absolute Gasteiger partial charge is 0.292 e. The number of nitrogens with one attached hydrogen (secondary N) is 2. The monoisotopic (exact) mass is 360 g/mol. The van der Waals surface area contributed by atoms with Gasteiger partial charge < -0.3 is 20.1 Å². The van der Waals surface area contributed by atoms with Crippen molar-refractivity contribution in [2.45, 2.75) is 25.3 Å². The van der Waals surface area contributed by atoms with E-state index in [1.807, 2.05) is 0 Å². The molecule has 1 saturated heterocycles. The number of benzene rings is 1. The lowest BCUT2D eigenvalue weighted by atomic mass is 9.86. The fraction of sp³-hybridized carbons (Fsp3) is 0.389. The fourth-order valence-corrected chi connectivity index (χ4v) is 3.20. The second-order valence-corrected chi connectivity index (χ2v) is 6.42. The summed E-state index contributed by atoms with van der Waals surface area (Å²) < 4.78 is 18.5. The standard InChI is InChI=1S/C18H21FN4O3/c1-12-10-15(26-22-12)16(24)23-8-6-18(7-9-23,17(25)20-2)21-14-5-3-4-13(19)11-14/h3-5,10-11,21H,6-9H2,1-2H3,(H,20,25). The van der Waals surface area contributed by atoms with Gasteiger partial charge in [-0.2, -0.15) is 0 Å². The summed E-state index contributed by atoms with van der Waals surface area (Å²) in [7, 11) is 1.56. The van der Waals surface area contributed by atoms with E-state index in [1.54, 1.807) is 37.1 Å². The molecule has 1 aliphatic rings. The second kappa shape index (κ2) is 7.15. The minimum Gasteiger partial charge on any atom is -0.371 e. The lowest BCUT2D eigenvalue weighted by molar-refractivity contribution is -0.126. The Morgan fingerprint density at radius 2 is 2.00 bits per heavy atom. The third-order valence-corrected chi connectivity index (χ3v) is 4.61. The molecule has 1 fully saturated rings. The van der Waals surface area contributed by atoms with E-state index in [4.69, 9.17) is 4.52 Å². The average molecular weight is 360 g/mol. The van der Waals surface area contributed by atoms with Crippen LogP contribution in [-0.4, -0.2) is 47.5 Å². The zero-order valence-electron chi connectivity index (χ0n) is 14.7. The van der Waals surface area contributed by atoms with Gasteiger partial charge in [-0.3, -0.25) is 9.59 Å². The maximum atomic E-state index is 13.5. The quantitative estimate of drug-likeness (QED) is 0.870. The van der Waals surface area contributed by atoms with Crippen molar-refractivity contribution in [2.24, 2.45) is 0 Å². The highest BCUT2D eigenvalue weighted by Gasteiger charge is 2.42. The van der Waals surface area contributed by atoms with E-state index in [0.29, 0.717) is 37.3 Å². The first-order valence-corrected chi connectivity index (χ1v) is 8.42. The summed E-state index contributed by atoms with van der Waals surface area (Å²) in [5.74, 6) is -0.630. The molecule has 8 heteroatoms. The number of amides is 2. The van der Waals surface area contributed by atoms with Crippen LogP contribution in [0.4, 0.5) is 10.1 Å². The first kappa shape index (κ1) is 17.9. The summed E-state index contributed by atoms with van der Waals surface area (Å²) in [4.78, 5) is 26.7. The van der Waals surface area contributed by atoms with Gasteiger partial charge in [0.15, 0.2) is 0 Å². The molecule has 0 atom stereocenters. The number of carbonyl (C=O) groups is 2. The molecule has 0 unspecified atom stereocenters. The van der Waals surface area contributed by atoms with Gasteiger partial charge in [0, 0.05) is 31.9 Å². The summed E-state index contributed by atoms with van der Waals surface area (Å²) in [6, 6.07) is 7.58. The molecule has 2 N–H and O–H groups in total. The van der Waals surface area contributed by atoms with Crippen molar-refractivity contribution in [3.05, 3.63) is 47.6 Å². The summed E-state index contributed by atoms with van der Waals surface area (Å²) in [5, 5.41) is 9.56. The van der Waals surface area contributed by atoms with Crippen LogP contribution in [0.3, 0.4) is 0 Å². The van der Waals surface area contributed by atoms with Gasteiger partial charge in [-0.1, -0.05) is 11.2 Å². The normalized spacial score (nSPS) is 16.2. The number of carbonyl (C=O) groups excluding carboxylic acids is 2. The van der Waals surface area contributed by atoms with Gasteiger partial charge in [-0.05, 0) is 38.0 Å². The van der Waals surface area contributed by atoms with Crippen molar-refractivity contribution in [3.63, 3.8) is 0 Å². The number of aryl methyl sites for hydroxylation is 1. The molecule has 1 aromatic carbocycles. The Hall–Kier alpha value is -2.90. The minimum atomic E-state index is -0.906. The number of halogens is 1. The molecule has 138 valence electrons. The highest BCUT2D eigenvalue weighted by molar-refractivity contribution is 5.93. The predicted octanol–water partition coefficient (Wildman–Crippen LogP) is 1.96. The van der Waals surface area contributed by atoms with Gasteiger partial charge in [0.2, 0.25) is 11.7 Å². The van der Waals surface area contributed by atoms with Gasteiger partial charge in [0.25, 0.3) is 5.91 Å². The zero-order chi connectivity index (χ0) is 18.7. The van der Waals surface area contributed by atoms with E-state index in [9.17, 15) is 14.0 Å². The van der Waals surface area contributed by atoms with Crippen LogP contribution in [0.15, 0.2) is 34.9 Å². The third kappa shape index (κ3) is 3.54. The van der Waals surface area contributed by atoms with Crippen LogP contribution in [0.25, 0.3) is 0 Å². The molecule has 1 aliphatic heterocycles. The lowest BCUT2D eigenvalue weighted by Crippen LogP contribution is -2.58. The minimum absolute atomic E-state index is 0.188. The molecule has 3 rings (SSSR count). The third-order valence-electron chi connectivity index (χ3n) is 4.61. The SMILES string of the molecule is CNC(=O)C1(Nc2cccc(F)c2)CCN(C(=O)c2cc(C)no2)CC1.